The first-order valence-electron chi connectivity index (χ1n) is 7.83. The predicted molar refractivity (Wildman–Crippen MR) is 89.5 cm³/mol. The Balaban J connectivity index is 2.28. The van der Waals surface area contributed by atoms with Crippen LogP contribution < -0.4 is 0 Å². The molecule has 0 amide bonds. The van der Waals surface area contributed by atoms with E-state index < -0.39 is 17.5 Å². The molecule has 0 fully saturated rings. The van der Waals surface area contributed by atoms with Crippen LogP contribution >= 0.6 is 0 Å². The summed E-state index contributed by atoms with van der Waals surface area (Å²) in [5, 5.41) is 0. The van der Waals surface area contributed by atoms with Crippen LogP contribution in [0.4, 0.5) is 0 Å². The van der Waals surface area contributed by atoms with Gasteiger partial charge in [0.2, 0.25) is 0 Å². The molecular formula is C20H20O3. The molecule has 3 heteroatoms. The van der Waals surface area contributed by atoms with Crippen molar-refractivity contribution in [1.29, 1.82) is 0 Å². The minimum Gasteiger partial charge on any atom is -0.293 e. The van der Waals surface area contributed by atoms with E-state index in [4.69, 9.17) is 0 Å². The van der Waals surface area contributed by atoms with Gasteiger partial charge in [-0.25, -0.2) is 0 Å². The predicted octanol–water partition coefficient (Wildman–Crippen LogP) is 3.98. The fraction of sp³-hybridized carbons (Fsp3) is 0.250. The van der Waals surface area contributed by atoms with E-state index in [0.717, 1.165) is 5.56 Å². The monoisotopic (exact) mass is 308 g/mol. The van der Waals surface area contributed by atoms with Gasteiger partial charge in [0.25, 0.3) is 0 Å². The lowest BCUT2D eigenvalue weighted by atomic mass is 9.85. The molecule has 0 saturated heterocycles. The van der Waals surface area contributed by atoms with Gasteiger partial charge in [-0.3, -0.25) is 14.4 Å². The molecule has 0 aliphatic carbocycles. The summed E-state index contributed by atoms with van der Waals surface area (Å²) in [6, 6.07) is 18.1. The number of carbonyl (C=O) groups excluding carboxylic acids is 3. The molecule has 2 aromatic carbocycles. The molecule has 0 aliphatic heterocycles. The van der Waals surface area contributed by atoms with E-state index in [0.29, 0.717) is 12.0 Å². The molecule has 2 aromatic rings. The molecule has 3 nitrogen and oxygen atoms in total. The average Bonchev–Trinajstić information content (AvgIpc) is 2.60. The second-order valence-corrected chi connectivity index (χ2v) is 5.49. The fourth-order valence-corrected chi connectivity index (χ4v) is 2.52. The van der Waals surface area contributed by atoms with Gasteiger partial charge >= 0.3 is 0 Å². The number of hydrogen-bond acceptors (Lipinski definition) is 3. The van der Waals surface area contributed by atoms with E-state index in [1.54, 1.807) is 24.3 Å². The van der Waals surface area contributed by atoms with E-state index in [-0.39, 0.29) is 18.6 Å². The molecule has 1 unspecified atom stereocenters. The first kappa shape index (κ1) is 16.8. The molecule has 1 atom stereocenters. The summed E-state index contributed by atoms with van der Waals surface area (Å²) in [6.07, 6.45) is 0.795. The van der Waals surface area contributed by atoms with Crippen LogP contribution in [0, 0.1) is 0 Å². The summed E-state index contributed by atoms with van der Waals surface area (Å²) in [6.45, 7) is 1.86. The Hall–Kier alpha value is -2.55. The third-order valence-electron chi connectivity index (χ3n) is 3.75. The molecule has 0 saturated carbocycles. The highest BCUT2D eigenvalue weighted by molar-refractivity contribution is 6.37. The lowest BCUT2D eigenvalue weighted by Gasteiger charge is -2.15. The van der Waals surface area contributed by atoms with Gasteiger partial charge in [-0.2, -0.15) is 0 Å². The van der Waals surface area contributed by atoms with Crippen LogP contribution in [0.3, 0.4) is 0 Å². The van der Waals surface area contributed by atoms with Crippen LogP contribution in [0.1, 0.15) is 48.0 Å². The third kappa shape index (κ3) is 4.46. The Kier molecular flexibility index (Phi) is 5.98. The molecule has 0 aromatic heterocycles. The molecular weight excluding hydrogens is 288 g/mol. The number of rotatable bonds is 8. The van der Waals surface area contributed by atoms with Gasteiger partial charge in [-0.15, -0.1) is 0 Å². The molecule has 2 rings (SSSR count). The zero-order valence-electron chi connectivity index (χ0n) is 13.2. The van der Waals surface area contributed by atoms with Crippen molar-refractivity contribution in [1.82, 2.24) is 0 Å². The topological polar surface area (TPSA) is 51.2 Å². The SMILES string of the molecule is CCCC(=O)C(=O)CC(C(=O)c1ccccc1)c1ccccc1. The number of carbonyl (C=O) groups is 3. The molecule has 23 heavy (non-hydrogen) atoms. The van der Waals surface area contributed by atoms with E-state index >= 15 is 0 Å². The highest BCUT2D eigenvalue weighted by Gasteiger charge is 2.27. The Bertz CT molecular complexity index is 675. The maximum Gasteiger partial charge on any atom is 0.199 e. The number of Topliss-reactive ketones (excluding diaryl/α,β-unsaturated/α-hetero) is 3. The molecule has 0 aliphatic rings. The summed E-state index contributed by atoms with van der Waals surface area (Å²) in [4.78, 5) is 36.8. The van der Waals surface area contributed by atoms with Crippen molar-refractivity contribution < 1.29 is 14.4 Å². The fourth-order valence-electron chi connectivity index (χ4n) is 2.52. The van der Waals surface area contributed by atoms with Gasteiger partial charge < -0.3 is 0 Å². The second kappa shape index (κ2) is 8.18. The van der Waals surface area contributed by atoms with Crippen molar-refractivity contribution in [3.05, 3.63) is 71.8 Å². The van der Waals surface area contributed by atoms with E-state index in [9.17, 15) is 14.4 Å². The minimum atomic E-state index is -0.619. The van der Waals surface area contributed by atoms with Gasteiger partial charge in [0.05, 0.1) is 5.92 Å². The van der Waals surface area contributed by atoms with Crippen LogP contribution in [0.2, 0.25) is 0 Å². The summed E-state index contributed by atoms with van der Waals surface area (Å²) >= 11 is 0. The summed E-state index contributed by atoms with van der Waals surface area (Å²) in [5.74, 6) is -1.61. The normalized spacial score (nSPS) is 11.7. The average molecular weight is 308 g/mol. The molecule has 0 radical (unpaired) electrons. The lowest BCUT2D eigenvalue weighted by molar-refractivity contribution is -0.136. The van der Waals surface area contributed by atoms with Gasteiger partial charge in [0.15, 0.2) is 17.3 Å². The smallest absolute Gasteiger partial charge is 0.199 e. The minimum absolute atomic E-state index is 0.0728. The van der Waals surface area contributed by atoms with Crippen molar-refractivity contribution in [2.45, 2.75) is 32.1 Å². The van der Waals surface area contributed by atoms with Crippen LogP contribution in [0.15, 0.2) is 60.7 Å². The highest BCUT2D eigenvalue weighted by Crippen LogP contribution is 2.25. The molecule has 0 heterocycles. The van der Waals surface area contributed by atoms with Crippen LogP contribution in [-0.4, -0.2) is 17.3 Å². The molecule has 0 bridgehead atoms. The van der Waals surface area contributed by atoms with Gasteiger partial charge in [0.1, 0.15) is 0 Å². The maximum absolute atomic E-state index is 12.8. The van der Waals surface area contributed by atoms with Crippen molar-refractivity contribution >= 4 is 17.3 Å². The van der Waals surface area contributed by atoms with Crippen molar-refractivity contribution in [3.63, 3.8) is 0 Å². The zero-order valence-corrected chi connectivity index (χ0v) is 13.2. The van der Waals surface area contributed by atoms with Crippen molar-refractivity contribution in [3.8, 4) is 0 Å². The number of ketones is 3. The Morgan fingerprint density at radius 2 is 1.39 bits per heavy atom. The quantitative estimate of drug-likeness (QED) is 0.547. The van der Waals surface area contributed by atoms with Crippen molar-refractivity contribution in [2.24, 2.45) is 0 Å². The van der Waals surface area contributed by atoms with Gasteiger partial charge in [0, 0.05) is 18.4 Å². The number of benzene rings is 2. The standard InChI is InChI=1S/C20H20O3/c1-2-9-18(21)19(22)14-17(15-10-5-3-6-11-15)20(23)16-12-7-4-8-13-16/h3-8,10-13,17H,2,9,14H2,1H3. The lowest BCUT2D eigenvalue weighted by Crippen LogP contribution is -2.22. The van der Waals surface area contributed by atoms with E-state index in [1.807, 2.05) is 43.3 Å². The largest absolute Gasteiger partial charge is 0.293 e. The molecule has 0 N–H and O–H groups in total. The zero-order chi connectivity index (χ0) is 16.7. The second-order valence-electron chi connectivity index (χ2n) is 5.49. The highest BCUT2D eigenvalue weighted by atomic mass is 16.2. The Morgan fingerprint density at radius 1 is 0.826 bits per heavy atom. The molecule has 118 valence electrons. The first-order valence-corrected chi connectivity index (χ1v) is 7.83. The van der Waals surface area contributed by atoms with Gasteiger partial charge in [-0.05, 0) is 12.0 Å². The summed E-state index contributed by atoms with van der Waals surface area (Å²) in [7, 11) is 0. The van der Waals surface area contributed by atoms with Crippen LogP contribution in [-0.2, 0) is 9.59 Å². The number of hydrogen-bond donors (Lipinski definition) is 0. The summed E-state index contributed by atoms with van der Waals surface area (Å²) in [5.41, 5.74) is 1.32. The van der Waals surface area contributed by atoms with Crippen LogP contribution in [0.5, 0.6) is 0 Å². The van der Waals surface area contributed by atoms with Gasteiger partial charge in [-0.1, -0.05) is 67.6 Å². The van der Waals surface area contributed by atoms with E-state index in [1.165, 1.54) is 0 Å². The third-order valence-corrected chi connectivity index (χ3v) is 3.75. The Morgan fingerprint density at radius 3 is 1.96 bits per heavy atom. The first-order chi connectivity index (χ1) is 11.1. The van der Waals surface area contributed by atoms with E-state index in [2.05, 4.69) is 0 Å². The maximum atomic E-state index is 12.8. The van der Waals surface area contributed by atoms with Crippen LogP contribution in [0.25, 0.3) is 0 Å². The van der Waals surface area contributed by atoms with Crippen molar-refractivity contribution in [2.75, 3.05) is 0 Å². The Labute approximate surface area is 136 Å². The summed E-state index contributed by atoms with van der Waals surface area (Å²) < 4.78 is 0. The molecule has 0 spiro atoms.